The van der Waals surface area contributed by atoms with Crippen molar-refractivity contribution in [2.75, 3.05) is 5.32 Å². The molecular formula is C29H24F3N5O2S. The first-order valence-electron chi connectivity index (χ1n) is 12.3. The Morgan fingerprint density at radius 1 is 1.05 bits per heavy atom. The molecule has 11 heteroatoms. The third kappa shape index (κ3) is 6.20. The topological polar surface area (TPSA) is 80.5 Å². The van der Waals surface area contributed by atoms with E-state index < -0.39 is 6.36 Å². The van der Waals surface area contributed by atoms with E-state index in [1.807, 2.05) is 54.6 Å². The highest BCUT2D eigenvalue weighted by atomic mass is 32.2. The number of aromatic nitrogens is 2. The zero-order valence-corrected chi connectivity index (χ0v) is 22.3. The molecule has 40 heavy (non-hydrogen) atoms. The van der Waals surface area contributed by atoms with E-state index in [9.17, 15) is 18.0 Å². The summed E-state index contributed by atoms with van der Waals surface area (Å²) in [5.41, 5.74) is 4.87. The number of para-hydroxylation sites is 1. The molecular weight excluding hydrogens is 539 g/mol. The molecule has 0 aliphatic carbocycles. The van der Waals surface area contributed by atoms with Gasteiger partial charge in [-0.2, -0.15) is 0 Å². The number of anilines is 1. The zero-order valence-electron chi connectivity index (χ0n) is 21.4. The van der Waals surface area contributed by atoms with E-state index in [0.717, 1.165) is 50.8 Å². The van der Waals surface area contributed by atoms with Crippen LogP contribution in [0.2, 0.25) is 0 Å². The molecule has 204 valence electrons. The summed E-state index contributed by atoms with van der Waals surface area (Å²) in [6, 6.07) is 22.5. The first-order chi connectivity index (χ1) is 19.2. The second-order valence-corrected chi connectivity index (χ2v) is 9.79. The molecule has 5 aromatic rings. The smallest absolute Gasteiger partial charge is 0.406 e. The standard InChI is InChI=1S/C29H24F3N5O2S/c1-18(2)23-5-3-4-6-25(23)35-28(38)36-40-34-16-19-7-13-24-20(15-19)8-14-26-27(24)33-17-37(26)21-9-11-22(12-10-21)39-29(30,31)32/h3-18H,1-2H3,(H2,35,36,38). The Bertz CT molecular complexity index is 1700. The molecule has 2 N–H and O–H groups in total. The summed E-state index contributed by atoms with van der Waals surface area (Å²) < 4.78 is 50.0. The number of urea groups is 1. The second kappa shape index (κ2) is 11.3. The number of carbonyl (C=O) groups excluding carboxylic acids is 1. The Balaban J connectivity index is 1.26. The number of halogens is 3. The van der Waals surface area contributed by atoms with Gasteiger partial charge in [-0.25, -0.2) is 14.2 Å². The number of benzene rings is 4. The lowest BCUT2D eigenvalue weighted by atomic mass is 10.0. The van der Waals surface area contributed by atoms with Crippen molar-refractivity contribution in [3.8, 4) is 11.4 Å². The number of amides is 2. The Labute approximate surface area is 232 Å². The molecule has 0 fully saturated rings. The summed E-state index contributed by atoms with van der Waals surface area (Å²) in [5.74, 6) is -0.0101. The van der Waals surface area contributed by atoms with Crippen LogP contribution >= 0.6 is 12.1 Å². The van der Waals surface area contributed by atoms with E-state index >= 15 is 0 Å². The van der Waals surface area contributed by atoms with E-state index in [1.165, 1.54) is 12.1 Å². The molecule has 0 aliphatic rings. The van der Waals surface area contributed by atoms with Gasteiger partial charge in [-0.3, -0.25) is 9.29 Å². The summed E-state index contributed by atoms with van der Waals surface area (Å²) in [6.07, 6.45) is -1.46. The van der Waals surface area contributed by atoms with Gasteiger partial charge in [0.25, 0.3) is 0 Å². The molecule has 0 bridgehead atoms. The number of ether oxygens (including phenoxy) is 1. The quantitative estimate of drug-likeness (QED) is 0.155. The lowest BCUT2D eigenvalue weighted by molar-refractivity contribution is -0.274. The number of alkyl halides is 3. The number of hydrogen-bond donors (Lipinski definition) is 2. The molecule has 5 rings (SSSR count). The average molecular weight is 564 g/mol. The molecule has 2 amide bonds. The minimum Gasteiger partial charge on any atom is -0.406 e. The zero-order chi connectivity index (χ0) is 28.3. The summed E-state index contributed by atoms with van der Waals surface area (Å²) in [4.78, 5) is 16.8. The fourth-order valence-corrected chi connectivity index (χ4v) is 4.70. The number of hydrogen-bond acceptors (Lipinski definition) is 5. The van der Waals surface area contributed by atoms with Crippen molar-refractivity contribution < 1.29 is 22.7 Å². The Kier molecular flexibility index (Phi) is 7.65. The Hall–Kier alpha value is -4.51. The molecule has 7 nitrogen and oxygen atoms in total. The van der Waals surface area contributed by atoms with E-state index in [1.54, 1.807) is 29.2 Å². The van der Waals surface area contributed by atoms with Gasteiger partial charge < -0.3 is 10.1 Å². The minimum atomic E-state index is -4.74. The van der Waals surface area contributed by atoms with Crippen molar-refractivity contribution in [2.45, 2.75) is 26.1 Å². The normalized spacial score (nSPS) is 11.9. The molecule has 0 saturated carbocycles. The predicted molar refractivity (Wildman–Crippen MR) is 153 cm³/mol. The second-order valence-electron chi connectivity index (χ2n) is 9.19. The molecule has 0 saturated heterocycles. The summed E-state index contributed by atoms with van der Waals surface area (Å²) in [5, 5.41) is 4.71. The summed E-state index contributed by atoms with van der Waals surface area (Å²) in [6.45, 7) is 4.13. The molecule has 0 spiro atoms. The summed E-state index contributed by atoms with van der Waals surface area (Å²) >= 11 is 0.923. The van der Waals surface area contributed by atoms with Crippen molar-refractivity contribution >= 4 is 51.9 Å². The fourth-order valence-electron chi connectivity index (χ4n) is 4.34. The van der Waals surface area contributed by atoms with Crippen molar-refractivity contribution in [1.29, 1.82) is 0 Å². The van der Waals surface area contributed by atoms with Crippen LogP contribution in [0.1, 0.15) is 30.9 Å². The SMILES string of the molecule is CC(C)c1ccccc1NC(=O)NSN=Cc1ccc2c(ccc3c2ncn3-c2ccc(OC(F)(F)F)cc2)c1. The lowest BCUT2D eigenvalue weighted by Gasteiger charge is -2.13. The highest BCUT2D eigenvalue weighted by molar-refractivity contribution is 7.96. The number of rotatable bonds is 7. The van der Waals surface area contributed by atoms with Crippen LogP contribution in [0.5, 0.6) is 5.75 Å². The molecule has 0 radical (unpaired) electrons. The first kappa shape index (κ1) is 27.1. The lowest BCUT2D eigenvalue weighted by Crippen LogP contribution is -2.23. The van der Waals surface area contributed by atoms with Gasteiger partial charge in [-0.15, -0.1) is 13.2 Å². The van der Waals surface area contributed by atoms with Crippen LogP contribution in [0.25, 0.3) is 27.5 Å². The van der Waals surface area contributed by atoms with E-state index in [2.05, 4.69) is 38.0 Å². The van der Waals surface area contributed by atoms with Crippen molar-refractivity contribution in [1.82, 2.24) is 14.3 Å². The monoisotopic (exact) mass is 563 g/mol. The van der Waals surface area contributed by atoms with Gasteiger partial charge in [0.1, 0.15) is 12.1 Å². The Morgan fingerprint density at radius 3 is 2.58 bits per heavy atom. The number of nitrogens with zero attached hydrogens (tertiary/aromatic N) is 3. The largest absolute Gasteiger partial charge is 0.573 e. The molecule has 1 heterocycles. The first-order valence-corrected chi connectivity index (χ1v) is 13.1. The maximum atomic E-state index is 12.5. The van der Waals surface area contributed by atoms with Gasteiger partial charge in [0.2, 0.25) is 0 Å². The van der Waals surface area contributed by atoms with Gasteiger partial charge in [0, 0.05) is 23.0 Å². The maximum absolute atomic E-state index is 12.5. The van der Waals surface area contributed by atoms with Crippen LogP contribution in [0, 0.1) is 0 Å². The highest BCUT2D eigenvalue weighted by Gasteiger charge is 2.31. The maximum Gasteiger partial charge on any atom is 0.573 e. The number of nitrogens with one attached hydrogen (secondary N) is 2. The van der Waals surface area contributed by atoms with Crippen LogP contribution in [0.3, 0.4) is 0 Å². The van der Waals surface area contributed by atoms with Gasteiger partial charge in [-0.1, -0.05) is 50.2 Å². The third-order valence-electron chi connectivity index (χ3n) is 6.13. The van der Waals surface area contributed by atoms with Gasteiger partial charge in [0.15, 0.2) is 0 Å². The van der Waals surface area contributed by atoms with Crippen LogP contribution < -0.4 is 14.8 Å². The molecule has 1 aromatic heterocycles. The van der Waals surface area contributed by atoms with Gasteiger partial charge in [0.05, 0.1) is 23.2 Å². The van der Waals surface area contributed by atoms with Crippen molar-refractivity contribution in [3.63, 3.8) is 0 Å². The van der Waals surface area contributed by atoms with Gasteiger partial charge >= 0.3 is 12.4 Å². The Morgan fingerprint density at radius 2 is 1.82 bits per heavy atom. The molecule has 4 aromatic carbocycles. The fraction of sp³-hybridized carbons (Fsp3) is 0.138. The van der Waals surface area contributed by atoms with E-state index in [-0.39, 0.29) is 17.7 Å². The minimum absolute atomic E-state index is 0.276. The third-order valence-corrected chi connectivity index (χ3v) is 6.62. The number of fused-ring (bicyclic) bond motifs is 3. The van der Waals surface area contributed by atoms with Crippen LogP contribution in [-0.2, 0) is 0 Å². The molecule has 0 unspecified atom stereocenters. The van der Waals surface area contributed by atoms with Crippen LogP contribution in [0.4, 0.5) is 23.7 Å². The van der Waals surface area contributed by atoms with Crippen molar-refractivity contribution in [2.24, 2.45) is 4.40 Å². The van der Waals surface area contributed by atoms with Crippen molar-refractivity contribution in [3.05, 3.63) is 96.3 Å². The van der Waals surface area contributed by atoms with E-state index in [0.29, 0.717) is 5.69 Å². The number of imidazole rings is 1. The van der Waals surface area contributed by atoms with Gasteiger partial charge in [-0.05, 0) is 64.9 Å². The highest BCUT2D eigenvalue weighted by Crippen LogP contribution is 2.29. The predicted octanol–water partition coefficient (Wildman–Crippen LogP) is 8.00. The average Bonchev–Trinajstić information content (AvgIpc) is 3.35. The summed E-state index contributed by atoms with van der Waals surface area (Å²) in [7, 11) is 0. The van der Waals surface area contributed by atoms with E-state index in [4.69, 9.17) is 0 Å². The van der Waals surface area contributed by atoms with Crippen LogP contribution in [-0.4, -0.2) is 28.2 Å². The van der Waals surface area contributed by atoms with Crippen LogP contribution in [0.15, 0.2) is 89.6 Å². The molecule has 0 aliphatic heterocycles. The molecule has 0 atom stereocenters. The number of carbonyl (C=O) groups is 1.